The molecule has 0 spiro atoms. The average molecular weight is 392 g/mol. The molecule has 6 nitrogen and oxygen atoms in total. The Kier molecular flexibility index (Phi) is 6.68. The number of rotatable bonds is 8. The molecule has 0 aliphatic heterocycles. The molecule has 0 fully saturated rings. The highest BCUT2D eigenvalue weighted by atomic mass is 16.5. The number of anilines is 1. The molecule has 0 unspecified atom stereocenters. The van der Waals surface area contributed by atoms with Gasteiger partial charge in [-0.3, -0.25) is 9.59 Å². The van der Waals surface area contributed by atoms with Gasteiger partial charge in [0.05, 0.1) is 19.4 Å². The van der Waals surface area contributed by atoms with Crippen LogP contribution in [0.1, 0.15) is 40.3 Å². The SMILES string of the molecule is CC(C)COc1ccc(C(=O)Nc2ccc(C(=O)NCc3ccco3)cc2)cc1. The monoisotopic (exact) mass is 392 g/mol. The van der Waals surface area contributed by atoms with Crippen LogP contribution in [0.25, 0.3) is 0 Å². The molecule has 0 atom stereocenters. The molecule has 3 aromatic rings. The molecule has 0 bridgehead atoms. The van der Waals surface area contributed by atoms with Crippen molar-refractivity contribution in [3.05, 3.63) is 83.8 Å². The van der Waals surface area contributed by atoms with Crippen molar-refractivity contribution >= 4 is 17.5 Å². The summed E-state index contributed by atoms with van der Waals surface area (Å²) in [4.78, 5) is 24.6. The van der Waals surface area contributed by atoms with E-state index in [0.717, 1.165) is 5.75 Å². The fourth-order valence-corrected chi connectivity index (χ4v) is 2.56. The zero-order valence-electron chi connectivity index (χ0n) is 16.5. The van der Waals surface area contributed by atoms with Gasteiger partial charge in [-0.15, -0.1) is 0 Å². The van der Waals surface area contributed by atoms with E-state index in [1.807, 2.05) is 0 Å². The molecule has 0 radical (unpaired) electrons. The van der Waals surface area contributed by atoms with Gasteiger partial charge in [-0.1, -0.05) is 13.8 Å². The van der Waals surface area contributed by atoms with Gasteiger partial charge in [0.2, 0.25) is 0 Å². The molecule has 150 valence electrons. The molecule has 2 amide bonds. The fourth-order valence-electron chi connectivity index (χ4n) is 2.56. The molecule has 29 heavy (non-hydrogen) atoms. The Morgan fingerprint density at radius 3 is 2.21 bits per heavy atom. The summed E-state index contributed by atoms with van der Waals surface area (Å²) in [5, 5.41) is 5.60. The molecule has 0 aliphatic carbocycles. The number of nitrogens with one attached hydrogen (secondary N) is 2. The molecule has 0 saturated heterocycles. The van der Waals surface area contributed by atoms with E-state index in [1.54, 1.807) is 66.9 Å². The second-order valence-electron chi connectivity index (χ2n) is 7.02. The van der Waals surface area contributed by atoms with Crippen molar-refractivity contribution in [2.45, 2.75) is 20.4 Å². The zero-order valence-corrected chi connectivity index (χ0v) is 16.5. The van der Waals surface area contributed by atoms with Crippen molar-refractivity contribution < 1.29 is 18.7 Å². The highest BCUT2D eigenvalue weighted by Crippen LogP contribution is 2.16. The van der Waals surface area contributed by atoms with Gasteiger partial charge in [0.1, 0.15) is 11.5 Å². The van der Waals surface area contributed by atoms with Gasteiger partial charge < -0.3 is 19.8 Å². The number of hydrogen-bond donors (Lipinski definition) is 2. The standard InChI is InChI=1S/C23H24N2O4/c1-16(2)15-29-20-11-7-18(8-12-20)23(27)25-19-9-5-17(6-10-19)22(26)24-14-21-4-3-13-28-21/h3-13,16H,14-15H2,1-2H3,(H,24,26)(H,25,27). The summed E-state index contributed by atoms with van der Waals surface area (Å²) in [5.41, 5.74) is 1.64. The van der Waals surface area contributed by atoms with Crippen molar-refractivity contribution in [1.29, 1.82) is 0 Å². The van der Waals surface area contributed by atoms with Crippen LogP contribution < -0.4 is 15.4 Å². The van der Waals surface area contributed by atoms with Gasteiger partial charge >= 0.3 is 0 Å². The molecule has 0 saturated carbocycles. The summed E-state index contributed by atoms with van der Waals surface area (Å²) in [5.74, 6) is 1.42. The molecule has 0 aliphatic rings. The molecular formula is C23H24N2O4. The number of amides is 2. The molecule has 1 aromatic heterocycles. The Balaban J connectivity index is 1.53. The van der Waals surface area contributed by atoms with Crippen molar-refractivity contribution in [3.63, 3.8) is 0 Å². The molecule has 3 rings (SSSR count). The first-order valence-corrected chi connectivity index (χ1v) is 9.46. The lowest BCUT2D eigenvalue weighted by atomic mass is 10.1. The first-order chi connectivity index (χ1) is 14.0. The van der Waals surface area contributed by atoms with Crippen molar-refractivity contribution in [2.75, 3.05) is 11.9 Å². The smallest absolute Gasteiger partial charge is 0.255 e. The van der Waals surface area contributed by atoms with Gasteiger partial charge in [0, 0.05) is 16.8 Å². The molecule has 6 heteroatoms. The quantitative estimate of drug-likeness (QED) is 0.592. The van der Waals surface area contributed by atoms with E-state index in [9.17, 15) is 9.59 Å². The van der Waals surface area contributed by atoms with Gasteiger partial charge in [-0.2, -0.15) is 0 Å². The Bertz CT molecular complexity index is 930. The van der Waals surface area contributed by atoms with Crippen molar-refractivity contribution in [1.82, 2.24) is 5.32 Å². The van der Waals surface area contributed by atoms with Crippen LogP contribution in [0, 0.1) is 5.92 Å². The summed E-state index contributed by atoms with van der Waals surface area (Å²) in [6.45, 7) is 5.11. The molecule has 1 heterocycles. The molecule has 2 N–H and O–H groups in total. The first-order valence-electron chi connectivity index (χ1n) is 9.46. The van der Waals surface area contributed by atoms with Crippen LogP contribution in [0.15, 0.2) is 71.3 Å². The lowest BCUT2D eigenvalue weighted by Crippen LogP contribution is -2.22. The largest absolute Gasteiger partial charge is 0.493 e. The van der Waals surface area contributed by atoms with Crippen LogP contribution in [-0.2, 0) is 6.54 Å². The third-order valence-electron chi connectivity index (χ3n) is 4.11. The second kappa shape index (κ2) is 9.59. The summed E-state index contributed by atoms with van der Waals surface area (Å²) >= 11 is 0. The fraction of sp³-hybridized carbons (Fsp3) is 0.217. The van der Waals surface area contributed by atoms with Crippen LogP contribution >= 0.6 is 0 Å². The van der Waals surface area contributed by atoms with E-state index in [2.05, 4.69) is 24.5 Å². The number of benzene rings is 2. The zero-order chi connectivity index (χ0) is 20.6. The number of ether oxygens (including phenoxy) is 1. The molecular weight excluding hydrogens is 368 g/mol. The highest BCUT2D eigenvalue weighted by Gasteiger charge is 2.09. The summed E-state index contributed by atoms with van der Waals surface area (Å²) < 4.78 is 10.8. The van der Waals surface area contributed by atoms with Gasteiger partial charge in [0.25, 0.3) is 11.8 Å². The van der Waals surface area contributed by atoms with Crippen molar-refractivity contribution in [3.8, 4) is 5.75 Å². The van der Waals surface area contributed by atoms with Crippen LogP contribution in [0.4, 0.5) is 5.69 Å². The minimum absolute atomic E-state index is 0.212. The third kappa shape index (κ3) is 5.97. The molecule has 2 aromatic carbocycles. The Morgan fingerprint density at radius 1 is 0.931 bits per heavy atom. The van der Waals surface area contributed by atoms with E-state index in [-0.39, 0.29) is 11.8 Å². The van der Waals surface area contributed by atoms with Crippen LogP contribution in [0.3, 0.4) is 0 Å². The number of carbonyl (C=O) groups excluding carboxylic acids is 2. The van der Waals surface area contributed by atoms with Gasteiger partial charge in [0.15, 0.2) is 0 Å². The third-order valence-corrected chi connectivity index (χ3v) is 4.11. The van der Waals surface area contributed by atoms with Gasteiger partial charge in [-0.05, 0) is 66.6 Å². The Labute approximate surface area is 169 Å². The second-order valence-corrected chi connectivity index (χ2v) is 7.02. The van der Waals surface area contributed by atoms with E-state index >= 15 is 0 Å². The lowest BCUT2D eigenvalue weighted by Gasteiger charge is -2.10. The number of hydrogen-bond acceptors (Lipinski definition) is 4. The minimum atomic E-state index is -0.226. The average Bonchev–Trinajstić information content (AvgIpc) is 3.25. The van der Waals surface area contributed by atoms with Crippen LogP contribution in [0.2, 0.25) is 0 Å². The maximum Gasteiger partial charge on any atom is 0.255 e. The lowest BCUT2D eigenvalue weighted by molar-refractivity contribution is 0.0947. The summed E-state index contributed by atoms with van der Waals surface area (Å²) in [7, 11) is 0. The highest BCUT2D eigenvalue weighted by molar-refractivity contribution is 6.04. The summed E-state index contributed by atoms with van der Waals surface area (Å²) in [6, 6.07) is 17.3. The Hall–Kier alpha value is -3.54. The van der Waals surface area contributed by atoms with Crippen LogP contribution in [-0.4, -0.2) is 18.4 Å². The van der Waals surface area contributed by atoms with E-state index < -0.39 is 0 Å². The van der Waals surface area contributed by atoms with E-state index in [4.69, 9.17) is 9.15 Å². The number of carbonyl (C=O) groups is 2. The van der Waals surface area contributed by atoms with Crippen LogP contribution in [0.5, 0.6) is 5.75 Å². The topological polar surface area (TPSA) is 80.6 Å². The normalized spacial score (nSPS) is 10.6. The van der Waals surface area contributed by atoms with Crippen molar-refractivity contribution in [2.24, 2.45) is 5.92 Å². The number of furan rings is 1. The van der Waals surface area contributed by atoms with E-state index in [0.29, 0.717) is 41.6 Å². The predicted molar refractivity (Wildman–Crippen MR) is 111 cm³/mol. The van der Waals surface area contributed by atoms with E-state index in [1.165, 1.54) is 0 Å². The Morgan fingerprint density at radius 2 is 1.59 bits per heavy atom. The maximum atomic E-state index is 12.4. The van der Waals surface area contributed by atoms with Gasteiger partial charge in [-0.25, -0.2) is 0 Å². The maximum absolute atomic E-state index is 12.4. The first kappa shape index (κ1) is 20.2. The minimum Gasteiger partial charge on any atom is -0.493 e. The summed E-state index contributed by atoms with van der Waals surface area (Å²) in [6.07, 6.45) is 1.56. The predicted octanol–water partition coefficient (Wildman–Crippen LogP) is 4.50.